The molecule has 128 valence electrons. The summed E-state index contributed by atoms with van der Waals surface area (Å²) in [6.45, 7) is -3.05. The fourth-order valence-corrected chi connectivity index (χ4v) is 2.13. The average Bonchev–Trinajstić information content (AvgIpc) is 2.56. The first-order valence-electron chi connectivity index (χ1n) is 7.05. The number of hydrogen-bond acceptors (Lipinski definition) is 4. The van der Waals surface area contributed by atoms with Crippen LogP contribution >= 0.6 is 0 Å². The van der Waals surface area contributed by atoms with Crippen LogP contribution in [0.2, 0.25) is 0 Å². The van der Waals surface area contributed by atoms with E-state index in [1.54, 1.807) is 30.3 Å². The van der Waals surface area contributed by atoms with Gasteiger partial charge in [-0.05, 0) is 35.9 Å². The van der Waals surface area contributed by atoms with Gasteiger partial charge in [-0.25, -0.2) is 0 Å². The van der Waals surface area contributed by atoms with Gasteiger partial charge < -0.3 is 19.5 Å². The number of rotatable bonds is 7. The maximum absolute atomic E-state index is 12.6. The molecule has 0 radical (unpaired) electrons. The Morgan fingerprint density at radius 2 is 1.83 bits per heavy atom. The first-order valence-corrected chi connectivity index (χ1v) is 7.05. The highest BCUT2D eigenvalue weighted by Crippen LogP contribution is 2.34. The van der Waals surface area contributed by atoms with E-state index in [0.717, 1.165) is 0 Å². The van der Waals surface area contributed by atoms with Gasteiger partial charge in [-0.15, -0.1) is 0 Å². The Balaban J connectivity index is 2.37. The second-order valence-corrected chi connectivity index (χ2v) is 4.80. The monoisotopic (exact) mass is 337 g/mol. The third kappa shape index (κ3) is 4.66. The molecule has 0 fully saturated rings. The van der Waals surface area contributed by atoms with Crippen molar-refractivity contribution in [2.75, 3.05) is 26.1 Å². The normalized spacial score (nSPS) is 10.5. The summed E-state index contributed by atoms with van der Waals surface area (Å²) >= 11 is 0. The van der Waals surface area contributed by atoms with E-state index in [-0.39, 0.29) is 18.3 Å². The molecule has 0 bridgehead atoms. The molecule has 0 aliphatic heterocycles. The van der Waals surface area contributed by atoms with Crippen LogP contribution in [0.3, 0.4) is 0 Å². The number of carbonyl (C=O) groups excluding carboxylic acids is 1. The Morgan fingerprint density at radius 1 is 1.12 bits per heavy atom. The Morgan fingerprint density at radius 3 is 2.42 bits per heavy atom. The quantitative estimate of drug-likeness (QED) is 0.839. The molecule has 0 saturated heterocycles. The topological polar surface area (TPSA) is 56.8 Å². The first-order chi connectivity index (χ1) is 11.5. The highest BCUT2D eigenvalue weighted by Gasteiger charge is 2.13. The maximum Gasteiger partial charge on any atom is 0.387 e. The van der Waals surface area contributed by atoms with Gasteiger partial charge in [0.1, 0.15) is 18.1 Å². The Labute approximate surface area is 138 Å². The SMILES string of the molecule is COCC(=O)Nc1ccc(OC(F)F)c(-c2ccc(OC)cc2)c1. The summed E-state index contributed by atoms with van der Waals surface area (Å²) in [4.78, 5) is 11.6. The molecule has 0 saturated carbocycles. The second kappa shape index (κ2) is 8.26. The molecule has 24 heavy (non-hydrogen) atoms. The van der Waals surface area contributed by atoms with E-state index in [2.05, 4.69) is 10.1 Å². The molecule has 7 heteroatoms. The van der Waals surface area contributed by atoms with Crippen molar-refractivity contribution in [3.8, 4) is 22.6 Å². The number of methoxy groups -OCH3 is 2. The zero-order chi connectivity index (χ0) is 17.5. The highest BCUT2D eigenvalue weighted by molar-refractivity contribution is 5.92. The number of nitrogens with one attached hydrogen (secondary N) is 1. The summed E-state index contributed by atoms with van der Waals surface area (Å²) in [6, 6.07) is 11.3. The van der Waals surface area contributed by atoms with Gasteiger partial charge in [0, 0.05) is 18.4 Å². The molecular formula is C17H17F2NO4. The van der Waals surface area contributed by atoms with Crippen molar-refractivity contribution in [1.82, 2.24) is 0 Å². The van der Waals surface area contributed by atoms with Crippen molar-refractivity contribution < 1.29 is 27.8 Å². The summed E-state index contributed by atoms with van der Waals surface area (Å²) in [5.74, 6) is 0.306. The van der Waals surface area contributed by atoms with Crippen LogP contribution in [0, 0.1) is 0 Å². The van der Waals surface area contributed by atoms with Gasteiger partial charge >= 0.3 is 6.61 Å². The first kappa shape index (κ1) is 17.7. The fraction of sp³-hybridized carbons (Fsp3) is 0.235. The lowest BCUT2D eigenvalue weighted by Crippen LogP contribution is -2.17. The predicted molar refractivity (Wildman–Crippen MR) is 85.6 cm³/mol. The zero-order valence-electron chi connectivity index (χ0n) is 13.2. The smallest absolute Gasteiger partial charge is 0.387 e. The lowest BCUT2D eigenvalue weighted by Gasteiger charge is -2.14. The van der Waals surface area contributed by atoms with Crippen LogP contribution in [0.5, 0.6) is 11.5 Å². The summed E-state index contributed by atoms with van der Waals surface area (Å²) < 4.78 is 39.6. The number of amides is 1. The summed E-state index contributed by atoms with van der Waals surface area (Å²) in [6.07, 6.45) is 0. The largest absolute Gasteiger partial charge is 0.497 e. The highest BCUT2D eigenvalue weighted by atomic mass is 19.3. The number of anilines is 1. The van der Waals surface area contributed by atoms with Crippen LogP contribution < -0.4 is 14.8 Å². The molecular weight excluding hydrogens is 320 g/mol. The molecule has 0 aliphatic rings. The van der Waals surface area contributed by atoms with Crippen LogP contribution in [-0.2, 0) is 9.53 Å². The number of hydrogen-bond donors (Lipinski definition) is 1. The van der Waals surface area contributed by atoms with Gasteiger partial charge in [0.2, 0.25) is 5.91 Å². The second-order valence-electron chi connectivity index (χ2n) is 4.80. The molecule has 0 aromatic heterocycles. The third-order valence-corrected chi connectivity index (χ3v) is 3.16. The van der Waals surface area contributed by atoms with Crippen molar-refractivity contribution in [2.24, 2.45) is 0 Å². The molecule has 2 aromatic rings. The van der Waals surface area contributed by atoms with Crippen molar-refractivity contribution in [1.29, 1.82) is 0 Å². The minimum absolute atomic E-state index is 0.0138. The van der Waals surface area contributed by atoms with Crippen molar-refractivity contribution in [3.05, 3.63) is 42.5 Å². The fourth-order valence-electron chi connectivity index (χ4n) is 2.13. The van der Waals surface area contributed by atoms with E-state index in [9.17, 15) is 13.6 Å². The van der Waals surface area contributed by atoms with Crippen molar-refractivity contribution in [2.45, 2.75) is 6.61 Å². The third-order valence-electron chi connectivity index (χ3n) is 3.16. The molecule has 2 aromatic carbocycles. The Kier molecular flexibility index (Phi) is 6.08. The van der Waals surface area contributed by atoms with E-state index >= 15 is 0 Å². The molecule has 0 atom stereocenters. The molecule has 2 rings (SSSR count). The summed E-state index contributed by atoms with van der Waals surface area (Å²) in [5.41, 5.74) is 1.52. The molecule has 0 aliphatic carbocycles. The minimum Gasteiger partial charge on any atom is -0.497 e. The summed E-state index contributed by atoms with van der Waals surface area (Å²) in [5, 5.41) is 2.62. The van der Waals surface area contributed by atoms with Gasteiger partial charge in [-0.1, -0.05) is 12.1 Å². The lowest BCUT2D eigenvalue weighted by atomic mass is 10.0. The van der Waals surface area contributed by atoms with Crippen LogP contribution in [-0.4, -0.2) is 33.3 Å². The van der Waals surface area contributed by atoms with E-state index < -0.39 is 6.61 Å². The average molecular weight is 337 g/mol. The summed E-state index contributed by atoms with van der Waals surface area (Å²) in [7, 11) is 2.94. The van der Waals surface area contributed by atoms with Crippen LogP contribution in [0.25, 0.3) is 11.1 Å². The maximum atomic E-state index is 12.6. The molecule has 0 unspecified atom stereocenters. The van der Waals surface area contributed by atoms with Crippen molar-refractivity contribution in [3.63, 3.8) is 0 Å². The molecule has 1 amide bonds. The van der Waals surface area contributed by atoms with Crippen LogP contribution in [0.4, 0.5) is 14.5 Å². The van der Waals surface area contributed by atoms with E-state index in [1.165, 1.54) is 26.4 Å². The van der Waals surface area contributed by atoms with Gasteiger partial charge in [0.05, 0.1) is 7.11 Å². The van der Waals surface area contributed by atoms with Crippen LogP contribution in [0.15, 0.2) is 42.5 Å². The number of alkyl halides is 2. The van der Waals surface area contributed by atoms with E-state index in [1.807, 2.05) is 0 Å². The molecule has 0 heterocycles. The van der Waals surface area contributed by atoms with Gasteiger partial charge in [0.15, 0.2) is 0 Å². The lowest BCUT2D eigenvalue weighted by molar-refractivity contribution is -0.119. The zero-order valence-corrected chi connectivity index (χ0v) is 13.2. The minimum atomic E-state index is -2.95. The number of halogens is 2. The number of ether oxygens (including phenoxy) is 3. The molecule has 5 nitrogen and oxygen atoms in total. The van der Waals surface area contributed by atoms with Crippen LogP contribution in [0.1, 0.15) is 0 Å². The van der Waals surface area contributed by atoms with Gasteiger partial charge in [-0.2, -0.15) is 8.78 Å². The Bertz CT molecular complexity index is 689. The predicted octanol–water partition coefficient (Wildman–Crippen LogP) is 3.55. The van der Waals surface area contributed by atoms with E-state index in [4.69, 9.17) is 9.47 Å². The van der Waals surface area contributed by atoms with Crippen molar-refractivity contribution >= 4 is 11.6 Å². The number of carbonyl (C=O) groups is 1. The molecule has 0 spiro atoms. The molecule has 1 N–H and O–H groups in total. The van der Waals surface area contributed by atoms with E-state index in [0.29, 0.717) is 22.6 Å². The van der Waals surface area contributed by atoms with Gasteiger partial charge in [0.25, 0.3) is 0 Å². The standard InChI is InChI=1S/C17H17F2NO4/c1-22-10-16(21)20-12-5-8-15(24-17(18)19)14(9-12)11-3-6-13(23-2)7-4-11/h3-9,17H,10H2,1-2H3,(H,20,21). The number of benzene rings is 2. The Hall–Kier alpha value is -2.67. The van der Waals surface area contributed by atoms with Gasteiger partial charge in [-0.3, -0.25) is 4.79 Å².